The van der Waals surface area contributed by atoms with Crippen LogP contribution in [0.15, 0.2) is 54.6 Å². The minimum Gasteiger partial charge on any atom is -0.444 e. The molecule has 3 aromatic rings. The standard InChI is InChI=1S/C21H22N2O4/c1-21(2,3)27-20(25)22-13-19(24)26-16-10-8-14(9-11-16)18-12-15-6-4-5-7-17(15)23-18/h4-12,23H,13H2,1-3H3,(H,22,25). The highest BCUT2D eigenvalue weighted by Crippen LogP contribution is 2.25. The van der Waals surface area contributed by atoms with Crippen LogP contribution in [-0.4, -0.2) is 29.2 Å². The number of carbonyl (C=O) groups excluding carboxylic acids is 2. The number of hydrogen-bond donors (Lipinski definition) is 2. The molecule has 0 saturated carbocycles. The van der Waals surface area contributed by atoms with Gasteiger partial charge in [-0.1, -0.05) is 18.2 Å². The van der Waals surface area contributed by atoms with Gasteiger partial charge in [0.1, 0.15) is 17.9 Å². The third-order valence-electron chi connectivity index (χ3n) is 3.70. The fourth-order valence-corrected chi connectivity index (χ4v) is 2.56. The van der Waals surface area contributed by atoms with Gasteiger partial charge in [0.15, 0.2) is 0 Å². The summed E-state index contributed by atoms with van der Waals surface area (Å²) in [5.41, 5.74) is 2.42. The van der Waals surface area contributed by atoms with E-state index in [-0.39, 0.29) is 6.54 Å². The SMILES string of the molecule is CC(C)(C)OC(=O)NCC(=O)Oc1ccc(-c2cc3ccccc3[nH]2)cc1. The number of aromatic nitrogens is 1. The molecule has 140 valence electrons. The number of alkyl carbamates (subject to hydrolysis) is 1. The van der Waals surface area contributed by atoms with Crippen molar-refractivity contribution in [3.63, 3.8) is 0 Å². The Kier molecular flexibility index (Phi) is 5.16. The number of para-hydroxylation sites is 1. The molecule has 2 N–H and O–H groups in total. The van der Waals surface area contributed by atoms with E-state index < -0.39 is 17.7 Å². The van der Waals surface area contributed by atoms with Gasteiger partial charge in [0.2, 0.25) is 0 Å². The van der Waals surface area contributed by atoms with E-state index >= 15 is 0 Å². The highest BCUT2D eigenvalue weighted by Gasteiger charge is 2.17. The van der Waals surface area contributed by atoms with E-state index in [1.54, 1.807) is 32.9 Å². The molecule has 0 aliphatic carbocycles. The molecular formula is C21H22N2O4. The number of nitrogens with one attached hydrogen (secondary N) is 2. The van der Waals surface area contributed by atoms with Crippen molar-refractivity contribution in [2.24, 2.45) is 0 Å². The summed E-state index contributed by atoms with van der Waals surface area (Å²) < 4.78 is 10.3. The molecular weight excluding hydrogens is 344 g/mol. The number of H-pyrrole nitrogens is 1. The maximum atomic E-state index is 11.9. The molecule has 3 rings (SSSR count). The first-order valence-corrected chi connectivity index (χ1v) is 8.66. The molecule has 0 aliphatic heterocycles. The van der Waals surface area contributed by atoms with Crippen molar-refractivity contribution >= 4 is 23.0 Å². The number of benzene rings is 2. The molecule has 1 aromatic heterocycles. The van der Waals surface area contributed by atoms with E-state index in [1.807, 2.05) is 36.4 Å². The van der Waals surface area contributed by atoms with Crippen LogP contribution in [0.3, 0.4) is 0 Å². The Morgan fingerprint density at radius 1 is 1.04 bits per heavy atom. The number of aromatic amines is 1. The number of amides is 1. The van der Waals surface area contributed by atoms with E-state index in [4.69, 9.17) is 9.47 Å². The topological polar surface area (TPSA) is 80.4 Å². The first kappa shape index (κ1) is 18.5. The maximum absolute atomic E-state index is 11.9. The van der Waals surface area contributed by atoms with Crippen LogP contribution in [-0.2, 0) is 9.53 Å². The first-order valence-electron chi connectivity index (χ1n) is 8.66. The Morgan fingerprint density at radius 3 is 2.41 bits per heavy atom. The summed E-state index contributed by atoms with van der Waals surface area (Å²) in [5, 5.41) is 3.51. The predicted octanol–water partition coefficient (Wildman–Crippen LogP) is 4.27. The average Bonchev–Trinajstić information content (AvgIpc) is 3.03. The van der Waals surface area contributed by atoms with Crippen molar-refractivity contribution in [2.75, 3.05) is 6.54 Å². The predicted molar refractivity (Wildman–Crippen MR) is 104 cm³/mol. The molecule has 2 aromatic carbocycles. The van der Waals surface area contributed by atoms with Gasteiger partial charge >= 0.3 is 12.1 Å². The molecule has 6 nitrogen and oxygen atoms in total. The van der Waals surface area contributed by atoms with Gasteiger partial charge in [-0.3, -0.25) is 0 Å². The number of esters is 1. The van der Waals surface area contributed by atoms with Gasteiger partial charge in [0.25, 0.3) is 0 Å². The second kappa shape index (κ2) is 7.53. The Hall–Kier alpha value is -3.28. The van der Waals surface area contributed by atoms with Gasteiger partial charge < -0.3 is 19.8 Å². The summed E-state index contributed by atoms with van der Waals surface area (Å²) in [6.07, 6.45) is -0.659. The number of carbonyl (C=O) groups is 2. The van der Waals surface area contributed by atoms with E-state index in [9.17, 15) is 9.59 Å². The minimum absolute atomic E-state index is 0.265. The van der Waals surface area contributed by atoms with Crippen molar-refractivity contribution in [3.8, 4) is 17.0 Å². The average molecular weight is 366 g/mol. The highest BCUT2D eigenvalue weighted by atomic mass is 16.6. The van der Waals surface area contributed by atoms with E-state index in [0.717, 1.165) is 22.2 Å². The van der Waals surface area contributed by atoms with Crippen molar-refractivity contribution in [1.29, 1.82) is 0 Å². The molecule has 0 fully saturated rings. The zero-order valence-electron chi connectivity index (χ0n) is 15.5. The lowest BCUT2D eigenvalue weighted by Crippen LogP contribution is -2.36. The third kappa shape index (κ3) is 5.10. The summed E-state index contributed by atoms with van der Waals surface area (Å²) in [6.45, 7) is 4.98. The van der Waals surface area contributed by atoms with Crippen LogP contribution in [0.2, 0.25) is 0 Å². The quantitative estimate of drug-likeness (QED) is 0.534. The van der Waals surface area contributed by atoms with Gasteiger partial charge in [-0.15, -0.1) is 0 Å². The molecule has 0 unspecified atom stereocenters. The molecule has 0 bridgehead atoms. The van der Waals surface area contributed by atoms with E-state index in [1.165, 1.54) is 0 Å². The number of rotatable bonds is 4. The smallest absolute Gasteiger partial charge is 0.408 e. The van der Waals surface area contributed by atoms with Gasteiger partial charge in [0.05, 0.1) is 0 Å². The Bertz CT molecular complexity index is 919. The molecule has 6 heteroatoms. The zero-order valence-corrected chi connectivity index (χ0v) is 15.5. The van der Waals surface area contributed by atoms with E-state index in [0.29, 0.717) is 5.75 Å². The summed E-state index contributed by atoms with van der Waals surface area (Å²) in [4.78, 5) is 26.8. The van der Waals surface area contributed by atoms with Crippen LogP contribution in [0.5, 0.6) is 5.75 Å². The Labute approximate surface area is 157 Å². The molecule has 0 saturated heterocycles. The molecule has 1 amide bonds. The van der Waals surface area contributed by atoms with Crippen LogP contribution in [0.1, 0.15) is 20.8 Å². The largest absolute Gasteiger partial charge is 0.444 e. The van der Waals surface area contributed by atoms with Crippen LogP contribution in [0.4, 0.5) is 4.79 Å². The number of hydrogen-bond acceptors (Lipinski definition) is 4. The number of ether oxygens (including phenoxy) is 2. The molecule has 0 atom stereocenters. The van der Waals surface area contributed by atoms with Crippen LogP contribution in [0, 0.1) is 0 Å². The van der Waals surface area contributed by atoms with Gasteiger partial charge in [-0.2, -0.15) is 0 Å². The van der Waals surface area contributed by atoms with Crippen molar-refractivity contribution in [2.45, 2.75) is 26.4 Å². The van der Waals surface area contributed by atoms with Crippen molar-refractivity contribution in [1.82, 2.24) is 10.3 Å². The summed E-state index contributed by atoms with van der Waals surface area (Å²) >= 11 is 0. The summed E-state index contributed by atoms with van der Waals surface area (Å²) in [6, 6.07) is 17.3. The lowest BCUT2D eigenvalue weighted by Gasteiger charge is -2.19. The molecule has 0 radical (unpaired) electrons. The van der Waals surface area contributed by atoms with E-state index in [2.05, 4.69) is 16.4 Å². The van der Waals surface area contributed by atoms with Crippen LogP contribution in [0.25, 0.3) is 22.2 Å². The molecule has 0 spiro atoms. The van der Waals surface area contributed by atoms with Gasteiger partial charge in [0, 0.05) is 16.6 Å². The molecule has 0 aliphatic rings. The van der Waals surface area contributed by atoms with Crippen LogP contribution < -0.4 is 10.1 Å². The van der Waals surface area contributed by atoms with Crippen LogP contribution >= 0.6 is 0 Å². The van der Waals surface area contributed by atoms with Crippen molar-refractivity contribution in [3.05, 3.63) is 54.6 Å². The summed E-state index contributed by atoms with van der Waals surface area (Å²) in [7, 11) is 0. The first-order chi connectivity index (χ1) is 12.8. The Balaban J connectivity index is 1.57. The highest BCUT2D eigenvalue weighted by molar-refractivity contribution is 5.86. The Morgan fingerprint density at radius 2 is 1.74 bits per heavy atom. The monoisotopic (exact) mass is 366 g/mol. The lowest BCUT2D eigenvalue weighted by atomic mass is 10.1. The molecule has 27 heavy (non-hydrogen) atoms. The summed E-state index contributed by atoms with van der Waals surface area (Å²) in [5.74, 6) is -0.162. The third-order valence-corrected chi connectivity index (χ3v) is 3.70. The molecule has 1 heterocycles. The zero-order chi connectivity index (χ0) is 19.4. The fourth-order valence-electron chi connectivity index (χ4n) is 2.56. The van der Waals surface area contributed by atoms with Gasteiger partial charge in [-0.25, -0.2) is 9.59 Å². The second-order valence-corrected chi connectivity index (χ2v) is 7.12. The second-order valence-electron chi connectivity index (χ2n) is 7.12. The van der Waals surface area contributed by atoms with Gasteiger partial charge in [-0.05, 0) is 62.7 Å². The maximum Gasteiger partial charge on any atom is 0.408 e. The lowest BCUT2D eigenvalue weighted by molar-refractivity contribution is -0.133. The van der Waals surface area contributed by atoms with Crippen molar-refractivity contribution < 1.29 is 19.1 Å². The minimum atomic E-state index is -0.659. The normalized spacial score (nSPS) is 11.2. The fraction of sp³-hybridized carbons (Fsp3) is 0.238. The number of fused-ring (bicyclic) bond motifs is 1.